The number of halogens is 1. The van der Waals surface area contributed by atoms with Crippen LogP contribution < -0.4 is 5.48 Å². The molecule has 0 fully saturated rings. The predicted molar refractivity (Wildman–Crippen MR) is 33.4 cm³/mol. The van der Waals surface area contributed by atoms with Crippen LogP contribution in [0.2, 0.25) is 0 Å². The van der Waals surface area contributed by atoms with Crippen molar-refractivity contribution >= 4 is 5.69 Å². The minimum Gasteiger partial charge on any atom is -0.761 e. The van der Waals surface area contributed by atoms with Crippen LogP contribution in [0.3, 0.4) is 0 Å². The van der Waals surface area contributed by atoms with Gasteiger partial charge in [-0.3, -0.25) is 0 Å². The van der Waals surface area contributed by atoms with E-state index in [0.29, 0.717) is 0 Å². The maximum Gasteiger partial charge on any atom is 0.125 e. The van der Waals surface area contributed by atoms with E-state index in [0.717, 1.165) is 6.07 Å². The fraction of sp³-hybridized carbons (Fsp3) is 0. The molecular formula is C6H5FNO-. The summed E-state index contributed by atoms with van der Waals surface area (Å²) in [6.07, 6.45) is 0. The SMILES string of the molecule is [O-]Nc1cccc(F)c1. The van der Waals surface area contributed by atoms with Crippen LogP contribution in [0.15, 0.2) is 24.3 Å². The van der Waals surface area contributed by atoms with E-state index in [9.17, 15) is 9.60 Å². The molecule has 0 aliphatic carbocycles. The first-order valence-corrected chi connectivity index (χ1v) is 2.46. The van der Waals surface area contributed by atoms with Gasteiger partial charge in [-0.2, -0.15) is 0 Å². The lowest BCUT2D eigenvalue weighted by Crippen LogP contribution is -1.84. The van der Waals surface area contributed by atoms with Gasteiger partial charge < -0.3 is 10.7 Å². The number of benzene rings is 1. The van der Waals surface area contributed by atoms with Gasteiger partial charge in [0, 0.05) is 5.69 Å². The second-order valence-electron chi connectivity index (χ2n) is 1.61. The molecule has 2 nitrogen and oxygen atoms in total. The van der Waals surface area contributed by atoms with Gasteiger partial charge in [0.2, 0.25) is 0 Å². The molecule has 3 heteroatoms. The van der Waals surface area contributed by atoms with Gasteiger partial charge in [0.15, 0.2) is 0 Å². The molecule has 0 radical (unpaired) electrons. The fourth-order valence-corrected chi connectivity index (χ4v) is 0.552. The second kappa shape index (κ2) is 2.46. The van der Waals surface area contributed by atoms with E-state index in [2.05, 4.69) is 0 Å². The minimum absolute atomic E-state index is 0.245. The lowest BCUT2D eigenvalue weighted by Gasteiger charge is -2.07. The number of rotatable bonds is 1. The van der Waals surface area contributed by atoms with Crippen molar-refractivity contribution in [2.75, 3.05) is 5.48 Å². The maximum absolute atomic E-state index is 12.2. The zero-order valence-electron chi connectivity index (χ0n) is 4.60. The van der Waals surface area contributed by atoms with E-state index >= 15 is 0 Å². The van der Waals surface area contributed by atoms with E-state index < -0.39 is 5.82 Å². The molecule has 0 atom stereocenters. The molecule has 0 heterocycles. The molecule has 0 aliphatic heterocycles. The molecule has 1 aromatic rings. The van der Waals surface area contributed by atoms with E-state index in [-0.39, 0.29) is 5.69 Å². The molecule has 0 unspecified atom stereocenters. The maximum atomic E-state index is 12.2. The van der Waals surface area contributed by atoms with Crippen molar-refractivity contribution in [2.24, 2.45) is 0 Å². The Labute approximate surface area is 51.9 Å². The van der Waals surface area contributed by atoms with Crippen LogP contribution in [0.1, 0.15) is 0 Å². The molecule has 1 N–H and O–H groups in total. The second-order valence-corrected chi connectivity index (χ2v) is 1.61. The lowest BCUT2D eigenvalue weighted by atomic mass is 10.3. The third-order valence-electron chi connectivity index (χ3n) is 0.942. The molecule has 0 amide bonds. The average Bonchev–Trinajstić information content (AvgIpc) is 1.88. The van der Waals surface area contributed by atoms with Gasteiger partial charge in [-0.05, 0) is 18.2 Å². The van der Waals surface area contributed by atoms with Crippen molar-refractivity contribution < 1.29 is 4.39 Å². The van der Waals surface area contributed by atoms with Crippen LogP contribution in [0.4, 0.5) is 10.1 Å². The Kier molecular flexibility index (Phi) is 1.65. The molecular weight excluding hydrogens is 121 g/mol. The lowest BCUT2D eigenvalue weighted by molar-refractivity contribution is 0.628. The van der Waals surface area contributed by atoms with Gasteiger partial charge in [0.1, 0.15) is 5.82 Å². The van der Waals surface area contributed by atoms with Crippen LogP contribution in [0.25, 0.3) is 0 Å². The summed E-state index contributed by atoms with van der Waals surface area (Å²) in [6.45, 7) is 0. The third-order valence-corrected chi connectivity index (χ3v) is 0.942. The molecule has 0 spiro atoms. The van der Waals surface area contributed by atoms with Crippen molar-refractivity contribution in [3.05, 3.63) is 35.3 Å². The van der Waals surface area contributed by atoms with Crippen LogP contribution in [0, 0.1) is 11.0 Å². The highest BCUT2D eigenvalue weighted by Crippen LogP contribution is 2.07. The molecule has 1 aromatic carbocycles. The highest BCUT2D eigenvalue weighted by atomic mass is 19.1. The fourth-order valence-electron chi connectivity index (χ4n) is 0.552. The Bertz CT molecular complexity index is 202. The van der Waals surface area contributed by atoms with Gasteiger partial charge >= 0.3 is 0 Å². The molecule has 0 saturated carbocycles. The van der Waals surface area contributed by atoms with Crippen LogP contribution >= 0.6 is 0 Å². The summed E-state index contributed by atoms with van der Waals surface area (Å²) < 4.78 is 12.2. The Morgan fingerprint density at radius 1 is 1.44 bits per heavy atom. The normalized spacial score (nSPS) is 9.11. The van der Waals surface area contributed by atoms with Gasteiger partial charge in [0.05, 0.1) is 0 Å². The van der Waals surface area contributed by atoms with Gasteiger partial charge in [0.25, 0.3) is 0 Å². The third kappa shape index (κ3) is 1.40. The van der Waals surface area contributed by atoms with E-state index in [1.54, 1.807) is 5.48 Å². The summed E-state index contributed by atoms with van der Waals surface area (Å²) in [4.78, 5) is 0. The Morgan fingerprint density at radius 2 is 2.22 bits per heavy atom. The molecule has 0 saturated heterocycles. The van der Waals surface area contributed by atoms with Gasteiger partial charge in [-0.25, -0.2) is 4.39 Å². The van der Waals surface area contributed by atoms with Crippen molar-refractivity contribution in [3.8, 4) is 0 Å². The standard InChI is InChI=1S/C6H5FNO/c7-5-2-1-3-6(4-5)8-9/h1-4,8H/q-1. The smallest absolute Gasteiger partial charge is 0.125 e. The highest BCUT2D eigenvalue weighted by Gasteiger charge is 1.86. The molecule has 0 bridgehead atoms. The zero-order chi connectivity index (χ0) is 6.69. The molecule has 0 aliphatic rings. The van der Waals surface area contributed by atoms with Gasteiger partial charge in [-0.15, -0.1) is 0 Å². The number of hydrogen-bond acceptors (Lipinski definition) is 2. The van der Waals surface area contributed by atoms with Gasteiger partial charge in [-0.1, -0.05) is 6.07 Å². The quantitative estimate of drug-likeness (QED) is 0.581. The summed E-state index contributed by atoms with van der Waals surface area (Å²) in [5, 5.41) is 9.87. The summed E-state index contributed by atoms with van der Waals surface area (Å²) >= 11 is 0. The topological polar surface area (TPSA) is 35.1 Å². The Hall–Kier alpha value is -1.09. The van der Waals surface area contributed by atoms with Crippen LogP contribution in [0.5, 0.6) is 0 Å². The van der Waals surface area contributed by atoms with E-state index in [1.165, 1.54) is 18.2 Å². The van der Waals surface area contributed by atoms with Crippen molar-refractivity contribution in [1.82, 2.24) is 0 Å². The monoisotopic (exact) mass is 126 g/mol. The first-order chi connectivity index (χ1) is 4.33. The van der Waals surface area contributed by atoms with Crippen molar-refractivity contribution in [2.45, 2.75) is 0 Å². The van der Waals surface area contributed by atoms with E-state index in [1.807, 2.05) is 0 Å². The molecule has 9 heavy (non-hydrogen) atoms. The summed E-state index contributed by atoms with van der Waals surface area (Å²) in [5.41, 5.74) is 1.82. The average molecular weight is 126 g/mol. The Balaban J connectivity index is 2.94. The first kappa shape index (κ1) is 6.04. The number of nitrogens with one attached hydrogen (secondary N) is 1. The summed E-state index contributed by atoms with van der Waals surface area (Å²) in [5.74, 6) is -0.407. The molecule has 1 rings (SSSR count). The van der Waals surface area contributed by atoms with Crippen LogP contribution in [-0.4, -0.2) is 0 Å². The van der Waals surface area contributed by atoms with Crippen molar-refractivity contribution in [3.63, 3.8) is 0 Å². The number of anilines is 1. The molecule has 0 aromatic heterocycles. The molecule has 48 valence electrons. The largest absolute Gasteiger partial charge is 0.761 e. The first-order valence-electron chi connectivity index (χ1n) is 2.46. The van der Waals surface area contributed by atoms with Crippen molar-refractivity contribution in [1.29, 1.82) is 0 Å². The highest BCUT2D eigenvalue weighted by molar-refractivity contribution is 5.43. The van der Waals surface area contributed by atoms with E-state index in [4.69, 9.17) is 0 Å². The predicted octanol–water partition coefficient (Wildman–Crippen LogP) is 1.74. The number of hydrogen-bond donors (Lipinski definition) is 1. The summed E-state index contributed by atoms with van der Waals surface area (Å²) in [7, 11) is 0. The minimum atomic E-state index is -0.407. The van der Waals surface area contributed by atoms with Crippen LogP contribution in [-0.2, 0) is 0 Å². The zero-order valence-corrected chi connectivity index (χ0v) is 4.60. The Morgan fingerprint density at radius 3 is 2.67 bits per heavy atom. The summed E-state index contributed by atoms with van der Waals surface area (Å²) in [6, 6.07) is 5.37.